The Morgan fingerprint density at radius 1 is 0.822 bits per heavy atom. The second kappa shape index (κ2) is 18.2. The van der Waals surface area contributed by atoms with Gasteiger partial charge in [-0.3, -0.25) is 0 Å². The predicted octanol–water partition coefficient (Wildman–Crippen LogP) is 6.92. The van der Waals surface area contributed by atoms with Crippen molar-refractivity contribution in [3.63, 3.8) is 0 Å². The van der Waals surface area contributed by atoms with Crippen LogP contribution in [-0.2, 0) is 14.2 Å². The Balaban J connectivity index is 0.000000194. The summed E-state index contributed by atoms with van der Waals surface area (Å²) in [5, 5.41) is 17.7. The Kier molecular flexibility index (Phi) is 14.0. The minimum atomic E-state index is -0.495. The van der Waals surface area contributed by atoms with Gasteiger partial charge in [-0.25, -0.2) is 9.36 Å². The van der Waals surface area contributed by atoms with Gasteiger partial charge in [0.25, 0.3) is 0 Å². The molecule has 0 saturated carbocycles. The van der Waals surface area contributed by atoms with E-state index in [9.17, 15) is 8.78 Å². The highest BCUT2D eigenvalue weighted by Gasteiger charge is 2.22. The van der Waals surface area contributed by atoms with E-state index in [1.54, 1.807) is 28.6 Å². The molecule has 2 aliphatic heterocycles. The summed E-state index contributed by atoms with van der Waals surface area (Å²) in [7, 11) is 1.64. The number of hydrogen-bond acceptors (Lipinski definition) is 6. The molecule has 0 radical (unpaired) electrons. The average molecular weight is 733 g/mol. The van der Waals surface area contributed by atoms with Crippen LogP contribution < -0.4 is 0 Å². The van der Waals surface area contributed by atoms with Gasteiger partial charge in [0.05, 0.1) is 35.0 Å². The van der Waals surface area contributed by atoms with Crippen molar-refractivity contribution in [2.45, 2.75) is 63.8 Å². The quantitative estimate of drug-likeness (QED) is 0.104. The Labute approximate surface area is 276 Å². The first-order valence-corrected chi connectivity index (χ1v) is 17.3. The second-order valence-corrected chi connectivity index (χ2v) is 10.4. The molecular formula is C34H39F2IN4O4. The minimum Gasteiger partial charge on any atom is -0.395 e. The van der Waals surface area contributed by atoms with Crippen molar-refractivity contribution >= 4 is 44.4 Å². The van der Waals surface area contributed by atoms with Crippen molar-refractivity contribution in [2.24, 2.45) is 0 Å². The monoisotopic (exact) mass is 732 g/mol. The highest BCUT2D eigenvalue weighted by Crippen LogP contribution is 2.29. The maximum absolute atomic E-state index is 14.1. The minimum absolute atomic E-state index is 0.0283. The summed E-state index contributed by atoms with van der Waals surface area (Å²) in [6.45, 7) is 2.02. The van der Waals surface area contributed by atoms with E-state index in [0.29, 0.717) is 43.4 Å². The van der Waals surface area contributed by atoms with Gasteiger partial charge in [-0.1, -0.05) is 46.3 Å². The fraction of sp³-hybridized carbons (Fsp3) is 0.471. The zero-order chi connectivity index (χ0) is 32.0. The highest BCUT2D eigenvalue weighted by atomic mass is 127. The molecule has 2 unspecified atom stereocenters. The molecule has 4 aromatic rings. The molecule has 45 heavy (non-hydrogen) atoms. The number of rotatable bonds is 5. The molecule has 11 heteroatoms. The van der Waals surface area contributed by atoms with Gasteiger partial charge in [0.1, 0.15) is 0 Å². The van der Waals surface area contributed by atoms with Crippen molar-refractivity contribution in [1.29, 1.82) is 0 Å². The summed E-state index contributed by atoms with van der Waals surface area (Å²) in [6.07, 6.45) is 6.69. The molecule has 0 amide bonds. The Bertz CT molecular complexity index is 1660. The second-order valence-electron chi connectivity index (χ2n) is 10.4. The summed E-state index contributed by atoms with van der Waals surface area (Å²) in [4.78, 5) is 1.97. The van der Waals surface area contributed by atoms with Crippen LogP contribution in [0.2, 0.25) is 0 Å². The molecule has 6 rings (SSSR count). The topological polar surface area (TPSA) is 83.6 Å². The highest BCUT2D eigenvalue weighted by molar-refractivity contribution is 14.1. The lowest BCUT2D eigenvalue weighted by Crippen LogP contribution is -2.19. The van der Waals surface area contributed by atoms with Crippen molar-refractivity contribution < 1.29 is 28.1 Å². The first-order chi connectivity index (χ1) is 22.1. The number of aromatic nitrogens is 4. The number of halogens is 3. The SMILES string of the molecule is CI.COCCC#Cc1ccc2c(c1)c(F)nn2C1CCCCO1.OCCC#Cc1ccc2c(c1)c(F)nn2C1CCCCO1. The lowest BCUT2D eigenvalue weighted by Gasteiger charge is -2.23. The molecule has 2 aromatic heterocycles. The maximum atomic E-state index is 14.1. The summed E-state index contributed by atoms with van der Waals surface area (Å²) in [5.74, 6) is 10.8. The van der Waals surface area contributed by atoms with Crippen LogP contribution in [0.15, 0.2) is 36.4 Å². The van der Waals surface area contributed by atoms with Gasteiger partial charge < -0.3 is 19.3 Å². The standard InChI is InChI=1S/C17H19FN2O2.C16H17FN2O2.CH3I/c1-21-10-4-2-6-13-8-9-15-14(12-13)17(18)19-20(15)16-7-3-5-11-22-16;17-16-13-11-12(5-1-3-9-20)7-8-14(13)19(18-16)15-6-2-4-10-21-15;1-2/h8-9,12,16H,3-5,7,10-11H2,1H3;7-8,11,15,20H,2-4,6,9-10H2;1H3. The van der Waals surface area contributed by atoms with E-state index in [1.165, 1.54) is 0 Å². The van der Waals surface area contributed by atoms with Crippen molar-refractivity contribution in [3.05, 3.63) is 59.4 Å². The molecule has 4 heterocycles. The van der Waals surface area contributed by atoms with E-state index in [2.05, 4.69) is 56.5 Å². The van der Waals surface area contributed by atoms with E-state index >= 15 is 0 Å². The summed E-state index contributed by atoms with van der Waals surface area (Å²) in [5.41, 5.74) is 2.99. The largest absolute Gasteiger partial charge is 0.395 e. The van der Waals surface area contributed by atoms with Crippen LogP contribution in [0.25, 0.3) is 21.8 Å². The summed E-state index contributed by atoms with van der Waals surface area (Å²) < 4.78 is 47.8. The first kappa shape index (κ1) is 34.8. The van der Waals surface area contributed by atoms with Crippen LogP contribution in [0.1, 0.15) is 74.9 Å². The number of aliphatic hydroxyl groups excluding tert-OH is 1. The third-order valence-corrected chi connectivity index (χ3v) is 7.31. The summed E-state index contributed by atoms with van der Waals surface area (Å²) >= 11 is 2.15. The molecule has 0 aliphatic carbocycles. The van der Waals surface area contributed by atoms with Gasteiger partial charge >= 0.3 is 0 Å². The molecule has 0 bridgehead atoms. The van der Waals surface area contributed by atoms with Crippen molar-refractivity contribution in [3.8, 4) is 23.7 Å². The van der Waals surface area contributed by atoms with Gasteiger partial charge in [-0.2, -0.15) is 8.78 Å². The smallest absolute Gasteiger partial charge is 0.240 e. The zero-order valence-electron chi connectivity index (χ0n) is 25.7. The fourth-order valence-corrected chi connectivity index (χ4v) is 5.17. The van der Waals surface area contributed by atoms with E-state index in [4.69, 9.17) is 19.3 Å². The molecule has 2 aromatic carbocycles. The van der Waals surface area contributed by atoms with Crippen LogP contribution in [0.3, 0.4) is 0 Å². The van der Waals surface area contributed by atoms with Gasteiger partial charge in [0, 0.05) is 44.3 Å². The van der Waals surface area contributed by atoms with E-state index in [-0.39, 0.29) is 19.1 Å². The van der Waals surface area contributed by atoms with Crippen LogP contribution in [0, 0.1) is 35.6 Å². The third-order valence-electron chi connectivity index (χ3n) is 7.31. The van der Waals surface area contributed by atoms with Crippen molar-refractivity contribution in [2.75, 3.05) is 38.5 Å². The average Bonchev–Trinajstić information content (AvgIpc) is 3.61. The number of fused-ring (bicyclic) bond motifs is 2. The van der Waals surface area contributed by atoms with Gasteiger partial charge in [0.15, 0.2) is 12.5 Å². The van der Waals surface area contributed by atoms with Crippen LogP contribution >= 0.6 is 22.6 Å². The Hall–Kier alpha value is -3.07. The van der Waals surface area contributed by atoms with Crippen LogP contribution in [0.4, 0.5) is 8.78 Å². The van der Waals surface area contributed by atoms with Gasteiger partial charge in [-0.05, 0) is 79.9 Å². The van der Waals surface area contributed by atoms with Crippen molar-refractivity contribution in [1.82, 2.24) is 19.6 Å². The molecule has 2 fully saturated rings. The van der Waals surface area contributed by atoms with Crippen LogP contribution in [-0.4, -0.2) is 63.1 Å². The number of hydrogen-bond donors (Lipinski definition) is 1. The zero-order valence-corrected chi connectivity index (χ0v) is 27.9. The number of alkyl halides is 1. The third kappa shape index (κ3) is 9.24. The molecule has 2 atom stereocenters. The number of aliphatic hydroxyl groups is 1. The molecule has 8 nitrogen and oxygen atoms in total. The number of methoxy groups -OCH3 is 1. The van der Waals surface area contributed by atoms with Crippen LogP contribution in [0.5, 0.6) is 0 Å². The lowest BCUT2D eigenvalue weighted by atomic mass is 10.1. The Morgan fingerprint density at radius 2 is 1.31 bits per heavy atom. The number of benzene rings is 2. The normalized spacial score (nSPS) is 17.6. The molecule has 1 N–H and O–H groups in total. The molecule has 2 aliphatic rings. The number of ether oxygens (including phenoxy) is 3. The number of nitrogens with zero attached hydrogens (tertiary/aromatic N) is 4. The molecule has 2 saturated heterocycles. The van der Waals surface area contributed by atoms with E-state index in [1.807, 2.05) is 29.2 Å². The Morgan fingerprint density at radius 3 is 1.73 bits per heavy atom. The summed E-state index contributed by atoms with van der Waals surface area (Å²) in [6, 6.07) is 10.9. The maximum Gasteiger partial charge on any atom is 0.240 e. The predicted molar refractivity (Wildman–Crippen MR) is 179 cm³/mol. The van der Waals surface area contributed by atoms with Gasteiger partial charge in [0.2, 0.25) is 11.9 Å². The fourth-order valence-electron chi connectivity index (χ4n) is 5.17. The van der Waals surface area contributed by atoms with Gasteiger partial charge in [-0.15, -0.1) is 10.2 Å². The molecule has 240 valence electrons. The lowest BCUT2D eigenvalue weighted by molar-refractivity contribution is -0.0376. The first-order valence-electron chi connectivity index (χ1n) is 15.1. The molecular weight excluding hydrogens is 693 g/mol. The molecule has 0 spiro atoms. The van der Waals surface area contributed by atoms with E-state index < -0.39 is 11.9 Å². The van der Waals surface area contributed by atoms with E-state index in [0.717, 1.165) is 60.7 Å².